The van der Waals surface area contributed by atoms with Gasteiger partial charge in [-0.3, -0.25) is 4.79 Å². The van der Waals surface area contributed by atoms with Crippen LogP contribution in [0.2, 0.25) is 10.0 Å². The highest BCUT2D eigenvalue weighted by molar-refractivity contribution is 14.1. The van der Waals surface area contributed by atoms with E-state index in [2.05, 4.69) is 33.1 Å². The fourth-order valence-corrected chi connectivity index (χ4v) is 2.88. The lowest BCUT2D eigenvalue weighted by atomic mass is 10.2. The number of hydrogen-bond acceptors (Lipinski definition) is 3. The molecule has 0 bridgehead atoms. The van der Waals surface area contributed by atoms with Crippen LogP contribution in [0.3, 0.4) is 0 Å². The van der Waals surface area contributed by atoms with E-state index in [-0.39, 0.29) is 5.91 Å². The summed E-state index contributed by atoms with van der Waals surface area (Å²) >= 11 is 14.1. The molecule has 0 unspecified atom stereocenters. The molecule has 2 aromatic rings. The van der Waals surface area contributed by atoms with Gasteiger partial charge in [-0.1, -0.05) is 29.3 Å². The molecule has 0 spiro atoms. The summed E-state index contributed by atoms with van der Waals surface area (Å²) in [5, 5.41) is 4.74. The van der Waals surface area contributed by atoms with Crippen molar-refractivity contribution in [2.45, 2.75) is 0 Å². The van der Waals surface area contributed by atoms with Crippen LogP contribution in [0.25, 0.3) is 0 Å². The van der Waals surface area contributed by atoms with Gasteiger partial charge in [-0.25, -0.2) is 5.43 Å². The maximum atomic E-state index is 12.0. The van der Waals surface area contributed by atoms with Gasteiger partial charge in [0.2, 0.25) is 0 Å². The molecule has 0 saturated heterocycles. The lowest BCUT2D eigenvalue weighted by Gasteiger charge is -2.07. The highest BCUT2D eigenvalue weighted by atomic mass is 127. The number of ether oxygens (including phenoxy) is 1. The number of nitrogens with one attached hydrogen (secondary N) is 1. The molecule has 1 N–H and O–H groups in total. The van der Waals surface area contributed by atoms with Crippen molar-refractivity contribution in [1.29, 1.82) is 0 Å². The molecule has 0 aliphatic heterocycles. The van der Waals surface area contributed by atoms with Gasteiger partial charge in [-0.05, 0) is 52.9 Å². The van der Waals surface area contributed by atoms with Gasteiger partial charge in [-0.15, -0.1) is 0 Å². The molecule has 4 nitrogen and oxygen atoms in total. The Bertz CT molecular complexity index is 735. The van der Waals surface area contributed by atoms with Crippen LogP contribution in [-0.4, -0.2) is 19.2 Å². The highest BCUT2D eigenvalue weighted by Gasteiger charge is 2.08. The first-order chi connectivity index (χ1) is 10.5. The third-order valence-corrected chi connectivity index (χ3v) is 3.87. The second-order valence-electron chi connectivity index (χ2n) is 4.22. The zero-order valence-electron chi connectivity index (χ0n) is 11.4. The predicted octanol–water partition coefficient (Wildman–Crippen LogP) is 4.37. The van der Waals surface area contributed by atoms with Crippen molar-refractivity contribution in [2.75, 3.05) is 7.11 Å². The summed E-state index contributed by atoms with van der Waals surface area (Å²) in [4.78, 5) is 12.0. The highest BCUT2D eigenvalue weighted by Crippen LogP contribution is 2.31. The van der Waals surface area contributed by atoms with E-state index in [1.165, 1.54) is 13.3 Å². The lowest BCUT2D eigenvalue weighted by Crippen LogP contribution is -2.17. The van der Waals surface area contributed by atoms with E-state index in [9.17, 15) is 4.79 Å². The molecule has 114 valence electrons. The molecule has 2 aromatic carbocycles. The fraction of sp³-hybridized carbons (Fsp3) is 0.0667. The normalized spacial score (nSPS) is 10.7. The Labute approximate surface area is 151 Å². The second-order valence-corrected chi connectivity index (χ2v) is 6.31. The summed E-state index contributed by atoms with van der Waals surface area (Å²) in [5.41, 5.74) is 3.55. The van der Waals surface area contributed by atoms with Crippen LogP contribution in [-0.2, 0) is 0 Å². The van der Waals surface area contributed by atoms with Crippen LogP contribution in [0.4, 0.5) is 0 Å². The summed E-state index contributed by atoms with van der Waals surface area (Å²) in [7, 11) is 1.50. The van der Waals surface area contributed by atoms with Crippen molar-refractivity contribution in [3.63, 3.8) is 0 Å². The van der Waals surface area contributed by atoms with Gasteiger partial charge in [0.05, 0.1) is 18.3 Å². The molecule has 0 aliphatic carbocycles. The van der Waals surface area contributed by atoms with Gasteiger partial charge in [0.25, 0.3) is 5.91 Å². The first kappa shape index (κ1) is 17.1. The number of methoxy groups -OCH3 is 1. The molecule has 1 amide bonds. The third-order valence-electron chi connectivity index (χ3n) is 2.70. The Morgan fingerprint density at radius 2 is 2.09 bits per heavy atom. The zero-order chi connectivity index (χ0) is 16.1. The van der Waals surface area contributed by atoms with Crippen molar-refractivity contribution in [3.05, 3.63) is 61.1 Å². The largest absolute Gasteiger partial charge is 0.495 e. The van der Waals surface area contributed by atoms with Crippen LogP contribution in [0.1, 0.15) is 15.9 Å². The second kappa shape index (κ2) is 7.80. The topological polar surface area (TPSA) is 50.7 Å². The number of carbonyl (C=O) groups excluding carboxylic acids is 1. The van der Waals surface area contributed by atoms with Crippen molar-refractivity contribution in [2.24, 2.45) is 5.10 Å². The average molecular weight is 449 g/mol. The van der Waals surface area contributed by atoms with Crippen LogP contribution in [0.15, 0.2) is 41.5 Å². The molecule has 7 heteroatoms. The van der Waals surface area contributed by atoms with Gasteiger partial charge < -0.3 is 4.74 Å². The Morgan fingerprint density at radius 1 is 1.32 bits per heavy atom. The van der Waals surface area contributed by atoms with Gasteiger partial charge in [0.1, 0.15) is 5.75 Å². The van der Waals surface area contributed by atoms with E-state index in [1.807, 2.05) is 6.07 Å². The third kappa shape index (κ3) is 4.34. The molecule has 0 atom stereocenters. The molecular formula is C15H11Cl2IN2O2. The van der Waals surface area contributed by atoms with Crippen LogP contribution in [0, 0.1) is 3.57 Å². The molecule has 0 radical (unpaired) electrons. The summed E-state index contributed by atoms with van der Waals surface area (Å²) in [6.07, 6.45) is 1.43. The molecule has 22 heavy (non-hydrogen) atoms. The first-order valence-corrected chi connectivity index (χ1v) is 7.96. The summed E-state index contributed by atoms with van der Waals surface area (Å²) in [6.45, 7) is 0. The summed E-state index contributed by atoms with van der Waals surface area (Å²) in [6, 6.07) is 10.4. The number of hydrogen-bond donors (Lipinski definition) is 1. The van der Waals surface area contributed by atoms with E-state index in [4.69, 9.17) is 27.9 Å². The Kier molecular flexibility index (Phi) is 6.05. The minimum atomic E-state index is -0.304. The molecule has 0 fully saturated rings. The molecular weight excluding hydrogens is 438 g/mol. The van der Waals surface area contributed by atoms with E-state index < -0.39 is 0 Å². The van der Waals surface area contributed by atoms with Crippen LogP contribution in [0.5, 0.6) is 5.75 Å². The van der Waals surface area contributed by atoms with Crippen molar-refractivity contribution in [3.8, 4) is 5.75 Å². The van der Waals surface area contributed by atoms with E-state index in [0.29, 0.717) is 26.9 Å². The predicted molar refractivity (Wildman–Crippen MR) is 97.2 cm³/mol. The lowest BCUT2D eigenvalue weighted by molar-refractivity contribution is 0.0955. The maximum Gasteiger partial charge on any atom is 0.271 e. The number of carbonyl (C=O) groups is 1. The number of benzene rings is 2. The van der Waals surface area contributed by atoms with Crippen molar-refractivity contribution >= 4 is 57.9 Å². The van der Waals surface area contributed by atoms with Crippen LogP contribution < -0.4 is 10.2 Å². The molecule has 0 saturated carbocycles. The smallest absolute Gasteiger partial charge is 0.271 e. The first-order valence-electron chi connectivity index (χ1n) is 6.13. The number of halogens is 3. The number of hydrazone groups is 1. The van der Waals surface area contributed by atoms with Gasteiger partial charge in [0.15, 0.2) is 0 Å². The van der Waals surface area contributed by atoms with Crippen molar-refractivity contribution in [1.82, 2.24) is 5.43 Å². The van der Waals surface area contributed by atoms with Gasteiger partial charge in [0, 0.05) is 19.7 Å². The standard InChI is InChI=1S/C15H11Cl2IN2O2/c1-22-14-10(5-11(16)7-13(14)17)8-19-20-15(21)9-3-2-4-12(18)6-9/h2-8H,1H3,(H,20,21)/b19-8+. The molecule has 0 heterocycles. The minimum absolute atomic E-state index is 0.304. The Morgan fingerprint density at radius 3 is 2.77 bits per heavy atom. The average Bonchev–Trinajstić information content (AvgIpc) is 2.46. The zero-order valence-corrected chi connectivity index (χ0v) is 15.1. The summed E-state index contributed by atoms with van der Waals surface area (Å²) < 4.78 is 6.16. The Balaban J connectivity index is 2.14. The van der Waals surface area contributed by atoms with Gasteiger partial charge >= 0.3 is 0 Å². The van der Waals surface area contributed by atoms with E-state index in [1.54, 1.807) is 30.3 Å². The maximum absolute atomic E-state index is 12.0. The minimum Gasteiger partial charge on any atom is -0.495 e. The fourth-order valence-electron chi connectivity index (χ4n) is 1.75. The number of rotatable bonds is 4. The molecule has 2 rings (SSSR count). The van der Waals surface area contributed by atoms with E-state index >= 15 is 0 Å². The number of nitrogens with zero attached hydrogens (tertiary/aromatic N) is 1. The molecule has 0 aromatic heterocycles. The van der Waals surface area contributed by atoms with Crippen molar-refractivity contribution < 1.29 is 9.53 Å². The van der Waals surface area contributed by atoms with E-state index in [0.717, 1.165) is 3.57 Å². The Hall–Kier alpha value is -1.31. The van der Waals surface area contributed by atoms with Crippen LogP contribution >= 0.6 is 45.8 Å². The SMILES string of the molecule is COc1c(Cl)cc(Cl)cc1/C=N/NC(=O)c1cccc(I)c1. The van der Waals surface area contributed by atoms with Gasteiger partial charge in [-0.2, -0.15) is 5.10 Å². The molecule has 0 aliphatic rings. The summed E-state index contributed by atoms with van der Waals surface area (Å²) in [5.74, 6) is 0.139. The quantitative estimate of drug-likeness (QED) is 0.429. The monoisotopic (exact) mass is 448 g/mol. The number of amides is 1.